The van der Waals surface area contributed by atoms with E-state index in [9.17, 15) is 9.59 Å². The molecule has 1 aliphatic heterocycles. The third kappa shape index (κ3) is 3.95. The molecule has 1 saturated carbocycles. The van der Waals surface area contributed by atoms with E-state index < -0.39 is 6.09 Å². The molecule has 27 heavy (non-hydrogen) atoms. The molecule has 10 heteroatoms. The highest BCUT2D eigenvalue weighted by Crippen LogP contribution is 2.35. The lowest BCUT2D eigenvalue weighted by molar-refractivity contribution is 0.0675. The number of carbonyl (C=O) groups is 2. The molecule has 144 valence electrons. The zero-order valence-electron chi connectivity index (χ0n) is 15.2. The van der Waals surface area contributed by atoms with Gasteiger partial charge in [0.15, 0.2) is 5.82 Å². The second kappa shape index (κ2) is 6.69. The van der Waals surface area contributed by atoms with Gasteiger partial charge in [-0.25, -0.2) is 4.79 Å². The summed E-state index contributed by atoms with van der Waals surface area (Å²) in [5.74, 6) is 0.0930. The summed E-state index contributed by atoms with van der Waals surface area (Å²) in [6.07, 6.45) is 3.06. The molecule has 0 bridgehead atoms. The van der Waals surface area contributed by atoms with E-state index in [1.54, 1.807) is 25.4 Å². The van der Waals surface area contributed by atoms with Crippen molar-refractivity contribution in [2.24, 2.45) is 7.05 Å². The number of anilines is 1. The molecule has 0 radical (unpaired) electrons. The highest BCUT2D eigenvalue weighted by molar-refractivity contribution is 6.02. The maximum Gasteiger partial charge on any atom is 0.407 e. The molecular weight excluding hydrogens is 352 g/mol. The van der Waals surface area contributed by atoms with Crippen molar-refractivity contribution in [2.45, 2.75) is 43.9 Å². The van der Waals surface area contributed by atoms with Crippen molar-refractivity contribution >= 4 is 17.8 Å². The largest absolute Gasteiger partial charge is 0.444 e. The number of hydrogen-bond acceptors (Lipinski definition) is 6. The van der Waals surface area contributed by atoms with E-state index in [-0.39, 0.29) is 23.7 Å². The average molecular weight is 374 g/mol. The molecule has 1 aliphatic carbocycles. The molecule has 3 N–H and O–H groups in total. The normalized spacial score (nSPS) is 23.0. The fourth-order valence-electron chi connectivity index (χ4n) is 2.98. The number of hydrogen-bond donors (Lipinski definition) is 3. The molecule has 2 atom stereocenters. The van der Waals surface area contributed by atoms with Crippen LogP contribution in [0, 0.1) is 0 Å². The van der Waals surface area contributed by atoms with Crippen molar-refractivity contribution in [1.29, 1.82) is 0 Å². The van der Waals surface area contributed by atoms with Gasteiger partial charge in [-0.3, -0.25) is 14.6 Å². The molecule has 1 saturated heterocycles. The highest BCUT2D eigenvalue weighted by Gasteiger charge is 2.40. The average Bonchev–Trinajstić information content (AvgIpc) is 3.06. The van der Waals surface area contributed by atoms with E-state index in [1.807, 2.05) is 6.92 Å². The van der Waals surface area contributed by atoms with E-state index in [1.165, 1.54) is 4.68 Å². The number of ether oxygens (including phenoxy) is 2. The van der Waals surface area contributed by atoms with Crippen molar-refractivity contribution < 1.29 is 19.1 Å². The van der Waals surface area contributed by atoms with Crippen LogP contribution in [0.2, 0.25) is 0 Å². The van der Waals surface area contributed by atoms with Crippen LogP contribution in [-0.2, 0) is 16.5 Å². The van der Waals surface area contributed by atoms with Crippen LogP contribution in [0.3, 0.4) is 0 Å². The molecule has 0 spiro atoms. The van der Waals surface area contributed by atoms with Crippen LogP contribution in [0.4, 0.5) is 10.6 Å². The Morgan fingerprint density at radius 2 is 2.26 bits per heavy atom. The molecule has 0 unspecified atom stereocenters. The number of alkyl carbamates (subject to hydrolysis) is 1. The Morgan fingerprint density at radius 3 is 2.96 bits per heavy atom. The summed E-state index contributed by atoms with van der Waals surface area (Å²) < 4.78 is 12.6. The molecule has 2 fully saturated rings. The maximum absolute atomic E-state index is 12.2. The van der Waals surface area contributed by atoms with Crippen LogP contribution in [0.15, 0.2) is 18.3 Å². The Bertz CT molecular complexity index is 855. The predicted octanol–water partition coefficient (Wildman–Crippen LogP) is 1.50. The Hall–Kier alpha value is -2.88. The van der Waals surface area contributed by atoms with Gasteiger partial charge in [-0.15, -0.1) is 0 Å². The van der Waals surface area contributed by atoms with E-state index >= 15 is 0 Å². The number of aromatic nitrogens is 4. The Kier molecular flexibility index (Phi) is 4.34. The van der Waals surface area contributed by atoms with Gasteiger partial charge < -0.3 is 20.1 Å². The molecule has 2 aromatic heterocycles. The van der Waals surface area contributed by atoms with Crippen LogP contribution in [0.25, 0.3) is 0 Å². The first kappa shape index (κ1) is 17.5. The topological polar surface area (TPSA) is 123 Å². The summed E-state index contributed by atoms with van der Waals surface area (Å²) in [5, 5.41) is 16.5. The number of H-pyrrole nitrogens is 1. The standard InChI is InChI=1S/C17H22N6O4/c1-17(4-5-17)20-16(25)27-10-7-13(26-9-10)11-8-14(22-21-11)19-15(24)12-3-6-18-23(12)2/h3,6,8,10,13H,4-5,7,9H2,1-2H3,(H,20,25)(H2,19,21,22,24)/t10-,13-/m1/s1. The minimum absolute atomic E-state index is 0.111. The Balaban J connectivity index is 1.30. The summed E-state index contributed by atoms with van der Waals surface area (Å²) in [4.78, 5) is 24.1. The first-order valence-corrected chi connectivity index (χ1v) is 8.87. The molecule has 4 rings (SSSR count). The summed E-state index contributed by atoms with van der Waals surface area (Å²) in [5.41, 5.74) is 1.04. The predicted molar refractivity (Wildman–Crippen MR) is 94.1 cm³/mol. The second-order valence-corrected chi connectivity index (χ2v) is 7.27. The third-order valence-electron chi connectivity index (χ3n) is 4.88. The quantitative estimate of drug-likeness (QED) is 0.729. The Labute approximate surface area is 155 Å². The maximum atomic E-state index is 12.2. The third-order valence-corrected chi connectivity index (χ3v) is 4.88. The molecule has 10 nitrogen and oxygen atoms in total. The molecule has 3 heterocycles. The monoisotopic (exact) mass is 374 g/mol. The number of nitrogens with one attached hydrogen (secondary N) is 3. The number of nitrogens with zero attached hydrogens (tertiary/aromatic N) is 3. The van der Waals surface area contributed by atoms with Crippen LogP contribution < -0.4 is 10.6 Å². The summed E-state index contributed by atoms with van der Waals surface area (Å²) in [6.45, 7) is 2.32. The molecule has 2 aliphatic rings. The smallest absolute Gasteiger partial charge is 0.407 e. The van der Waals surface area contributed by atoms with Crippen molar-refractivity contribution in [3.63, 3.8) is 0 Å². The number of rotatable bonds is 5. The van der Waals surface area contributed by atoms with Gasteiger partial charge in [-0.05, 0) is 25.8 Å². The van der Waals surface area contributed by atoms with E-state index in [0.717, 1.165) is 18.5 Å². The van der Waals surface area contributed by atoms with Crippen molar-refractivity contribution in [3.05, 3.63) is 29.7 Å². The van der Waals surface area contributed by atoms with Crippen molar-refractivity contribution in [3.8, 4) is 0 Å². The number of aryl methyl sites for hydroxylation is 1. The molecule has 0 aromatic carbocycles. The van der Waals surface area contributed by atoms with Crippen LogP contribution in [-0.4, -0.2) is 50.2 Å². The van der Waals surface area contributed by atoms with Crippen LogP contribution in [0.5, 0.6) is 0 Å². The summed E-state index contributed by atoms with van der Waals surface area (Å²) in [7, 11) is 1.69. The first-order valence-electron chi connectivity index (χ1n) is 8.87. The van der Waals surface area contributed by atoms with Gasteiger partial charge >= 0.3 is 6.09 Å². The van der Waals surface area contributed by atoms with Gasteiger partial charge in [0.2, 0.25) is 0 Å². The summed E-state index contributed by atoms with van der Waals surface area (Å²) >= 11 is 0. The van der Waals surface area contributed by atoms with E-state index in [2.05, 4.69) is 25.9 Å². The van der Waals surface area contributed by atoms with Gasteiger partial charge in [0.05, 0.1) is 12.3 Å². The van der Waals surface area contributed by atoms with Gasteiger partial charge in [0, 0.05) is 31.3 Å². The first-order chi connectivity index (χ1) is 12.9. The van der Waals surface area contributed by atoms with Crippen molar-refractivity contribution in [1.82, 2.24) is 25.3 Å². The number of carbonyl (C=O) groups excluding carboxylic acids is 2. The zero-order chi connectivity index (χ0) is 19.0. The minimum Gasteiger partial charge on any atom is -0.444 e. The van der Waals surface area contributed by atoms with Crippen LogP contribution >= 0.6 is 0 Å². The molecule has 2 amide bonds. The van der Waals surface area contributed by atoms with Gasteiger partial charge in [-0.1, -0.05) is 0 Å². The summed E-state index contributed by atoms with van der Waals surface area (Å²) in [6, 6.07) is 3.34. The lowest BCUT2D eigenvalue weighted by atomic mass is 10.1. The zero-order valence-corrected chi connectivity index (χ0v) is 15.2. The van der Waals surface area contributed by atoms with Crippen molar-refractivity contribution in [2.75, 3.05) is 11.9 Å². The second-order valence-electron chi connectivity index (χ2n) is 7.27. The molecule has 2 aromatic rings. The fourth-order valence-corrected chi connectivity index (χ4v) is 2.98. The fraction of sp³-hybridized carbons (Fsp3) is 0.529. The van der Waals surface area contributed by atoms with Gasteiger partial charge in [0.1, 0.15) is 17.9 Å². The van der Waals surface area contributed by atoms with Gasteiger partial charge in [0.25, 0.3) is 5.91 Å². The number of aromatic amines is 1. The minimum atomic E-state index is -0.405. The lowest BCUT2D eigenvalue weighted by Crippen LogP contribution is -2.37. The van der Waals surface area contributed by atoms with Crippen LogP contribution in [0.1, 0.15) is 48.5 Å². The van der Waals surface area contributed by atoms with E-state index in [0.29, 0.717) is 24.5 Å². The Morgan fingerprint density at radius 1 is 1.44 bits per heavy atom. The lowest BCUT2D eigenvalue weighted by Gasteiger charge is -2.15. The van der Waals surface area contributed by atoms with Gasteiger partial charge in [-0.2, -0.15) is 10.2 Å². The highest BCUT2D eigenvalue weighted by atomic mass is 16.6. The molecular formula is C17H22N6O4. The SMILES string of the molecule is Cn1nccc1C(=O)Nc1cc([C@H]2C[C@@H](OC(=O)NC3(C)CC3)CO2)[nH]n1. The van der Waals surface area contributed by atoms with E-state index in [4.69, 9.17) is 9.47 Å². The number of amides is 2.